The number of hydrogen-bond acceptors (Lipinski definition) is 5. The van der Waals surface area contributed by atoms with Gasteiger partial charge in [-0.1, -0.05) is 36.0 Å². The Kier molecular flexibility index (Phi) is 6.21. The largest absolute Gasteiger partial charge is 0.389 e. The molecule has 0 aliphatic rings. The van der Waals surface area contributed by atoms with E-state index in [-0.39, 0.29) is 16.7 Å². The number of thioether (sulfide) groups is 1. The van der Waals surface area contributed by atoms with Gasteiger partial charge in [-0.3, -0.25) is 9.59 Å². The molecule has 0 fully saturated rings. The molecular weight excluding hydrogens is 264 g/mol. The van der Waals surface area contributed by atoms with Gasteiger partial charge in [0.05, 0.1) is 6.10 Å². The van der Waals surface area contributed by atoms with Crippen LogP contribution in [0.15, 0.2) is 24.3 Å². The molecule has 0 spiro atoms. The molecule has 4 nitrogen and oxygen atoms in total. The molecule has 1 rings (SSSR count). The van der Waals surface area contributed by atoms with Crippen molar-refractivity contribution < 1.29 is 19.8 Å². The lowest BCUT2D eigenvalue weighted by Crippen LogP contribution is -2.21. The van der Waals surface area contributed by atoms with Gasteiger partial charge in [-0.05, 0) is 18.1 Å². The van der Waals surface area contributed by atoms with Crippen molar-refractivity contribution in [3.63, 3.8) is 0 Å². The van der Waals surface area contributed by atoms with Crippen molar-refractivity contribution in [1.82, 2.24) is 0 Å². The SMILES string of the molecule is CC(=O)Cc1cccc(C(O)C(O)CSC(C)=O)c1. The van der Waals surface area contributed by atoms with Crippen LogP contribution in [0.3, 0.4) is 0 Å². The summed E-state index contributed by atoms with van der Waals surface area (Å²) in [6.07, 6.45) is -1.76. The summed E-state index contributed by atoms with van der Waals surface area (Å²) in [5, 5.41) is 19.7. The van der Waals surface area contributed by atoms with Crippen molar-refractivity contribution in [2.45, 2.75) is 32.5 Å². The third-order valence-corrected chi connectivity index (χ3v) is 3.48. The molecule has 0 radical (unpaired) electrons. The predicted molar refractivity (Wildman–Crippen MR) is 74.9 cm³/mol. The molecule has 0 saturated heterocycles. The van der Waals surface area contributed by atoms with Crippen molar-refractivity contribution in [2.24, 2.45) is 0 Å². The normalized spacial score (nSPS) is 13.9. The summed E-state index contributed by atoms with van der Waals surface area (Å²) in [5.41, 5.74) is 1.35. The first-order chi connectivity index (χ1) is 8.90. The second kappa shape index (κ2) is 7.43. The van der Waals surface area contributed by atoms with Crippen LogP contribution in [0.2, 0.25) is 0 Å². The van der Waals surface area contributed by atoms with E-state index in [1.165, 1.54) is 13.8 Å². The molecular formula is C14H18O4S. The molecule has 2 N–H and O–H groups in total. The molecule has 2 atom stereocenters. The molecule has 0 amide bonds. The van der Waals surface area contributed by atoms with Gasteiger partial charge in [-0.15, -0.1) is 0 Å². The quantitative estimate of drug-likeness (QED) is 0.827. The number of ketones is 1. The molecule has 0 aromatic heterocycles. The van der Waals surface area contributed by atoms with Crippen LogP contribution in [0, 0.1) is 0 Å². The minimum atomic E-state index is -1.06. The first-order valence-electron chi connectivity index (χ1n) is 5.98. The van der Waals surface area contributed by atoms with Crippen LogP contribution >= 0.6 is 11.8 Å². The Morgan fingerprint density at radius 1 is 1.26 bits per heavy atom. The van der Waals surface area contributed by atoms with Crippen LogP contribution in [0.5, 0.6) is 0 Å². The number of carbonyl (C=O) groups is 2. The second-order valence-corrected chi connectivity index (χ2v) is 5.64. The first kappa shape index (κ1) is 15.9. The van der Waals surface area contributed by atoms with E-state index in [2.05, 4.69) is 0 Å². The molecule has 5 heteroatoms. The number of benzene rings is 1. The molecule has 19 heavy (non-hydrogen) atoms. The molecule has 1 aromatic rings. The van der Waals surface area contributed by atoms with Gasteiger partial charge in [0, 0.05) is 19.1 Å². The maximum Gasteiger partial charge on any atom is 0.185 e. The number of carbonyl (C=O) groups excluding carboxylic acids is 2. The fourth-order valence-electron chi connectivity index (χ4n) is 1.69. The third kappa shape index (κ3) is 5.55. The van der Waals surface area contributed by atoms with Gasteiger partial charge >= 0.3 is 0 Å². The van der Waals surface area contributed by atoms with Crippen LogP contribution in [-0.4, -0.2) is 33.0 Å². The Balaban J connectivity index is 2.72. The number of Topliss-reactive ketones (excluding diaryl/α,β-unsaturated/α-hetero) is 1. The summed E-state index contributed by atoms with van der Waals surface area (Å²) >= 11 is 0.974. The smallest absolute Gasteiger partial charge is 0.185 e. The Morgan fingerprint density at radius 2 is 1.95 bits per heavy atom. The Labute approximate surface area is 116 Å². The highest BCUT2D eigenvalue weighted by Crippen LogP contribution is 2.21. The molecule has 0 bridgehead atoms. The summed E-state index contributed by atoms with van der Waals surface area (Å²) in [6.45, 7) is 2.92. The van der Waals surface area contributed by atoms with E-state index in [1.54, 1.807) is 24.3 Å². The Bertz CT molecular complexity index is 459. The average molecular weight is 282 g/mol. The van der Waals surface area contributed by atoms with Crippen molar-refractivity contribution in [3.05, 3.63) is 35.4 Å². The minimum Gasteiger partial charge on any atom is -0.389 e. The predicted octanol–water partition coefficient (Wildman–Crippen LogP) is 1.49. The van der Waals surface area contributed by atoms with Crippen LogP contribution in [0.4, 0.5) is 0 Å². The molecule has 0 aliphatic carbocycles. The van der Waals surface area contributed by atoms with Gasteiger partial charge in [0.2, 0.25) is 0 Å². The number of aliphatic hydroxyl groups excluding tert-OH is 2. The fourth-order valence-corrected chi connectivity index (χ4v) is 2.28. The maximum absolute atomic E-state index is 11.1. The van der Waals surface area contributed by atoms with Crippen LogP contribution in [0.25, 0.3) is 0 Å². The van der Waals surface area contributed by atoms with E-state index >= 15 is 0 Å². The first-order valence-corrected chi connectivity index (χ1v) is 6.96. The highest BCUT2D eigenvalue weighted by atomic mass is 32.2. The molecule has 0 aliphatic heterocycles. The minimum absolute atomic E-state index is 0.0410. The van der Waals surface area contributed by atoms with Crippen LogP contribution in [-0.2, 0) is 16.0 Å². The highest BCUT2D eigenvalue weighted by molar-refractivity contribution is 8.13. The van der Waals surface area contributed by atoms with Crippen molar-refractivity contribution in [3.8, 4) is 0 Å². The average Bonchev–Trinajstić information content (AvgIpc) is 2.34. The lowest BCUT2D eigenvalue weighted by atomic mass is 10.0. The van der Waals surface area contributed by atoms with Gasteiger partial charge in [0.15, 0.2) is 5.12 Å². The molecule has 104 valence electrons. The van der Waals surface area contributed by atoms with Crippen molar-refractivity contribution in [1.29, 1.82) is 0 Å². The van der Waals surface area contributed by atoms with Crippen molar-refractivity contribution >= 4 is 22.7 Å². The van der Waals surface area contributed by atoms with Gasteiger partial charge in [0.25, 0.3) is 0 Å². The fraction of sp³-hybridized carbons (Fsp3) is 0.429. The topological polar surface area (TPSA) is 74.6 Å². The number of aliphatic hydroxyl groups is 2. The summed E-state index contributed by atoms with van der Waals surface area (Å²) in [7, 11) is 0. The molecule has 1 aromatic carbocycles. The van der Waals surface area contributed by atoms with Gasteiger partial charge in [-0.25, -0.2) is 0 Å². The van der Waals surface area contributed by atoms with E-state index in [9.17, 15) is 19.8 Å². The van der Waals surface area contributed by atoms with E-state index in [0.717, 1.165) is 17.3 Å². The van der Waals surface area contributed by atoms with Crippen LogP contribution in [0.1, 0.15) is 31.1 Å². The Hall–Kier alpha value is -1.17. The lowest BCUT2D eigenvalue weighted by molar-refractivity contribution is -0.116. The van der Waals surface area contributed by atoms with Gasteiger partial charge < -0.3 is 10.2 Å². The molecule has 0 saturated carbocycles. The van der Waals surface area contributed by atoms with E-state index in [0.29, 0.717) is 12.0 Å². The Morgan fingerprint density at radius 3 is 2.53 bits per heavy atom. The van der Waals surface area contributed by atoms with Crippen molar-refractivity contribution in [2.75, 3.05) is 5.75 Å². The monoisotopic (exact) mass is 282 g/mol. The summed E-state index contributed by atoms with van der Waals surface area (Å²) in [5.74, 6) is 0.187. The maximum atomic E-state index is 11.1. The summed E-state index contributed by atoms with van der Waals surface area (Å²) < 4.78 is 0. The number of rotatable bonds is 6. The molecule has 2 unspecified atom stereocenters. The zero-order chi connectivity index (χ0) is 14.4. The van der Waals surface area contributed by atoms with Crippen LogP contribution < -0.4 is 0 Å². The standard InChI is InChI=1S/C14H18O4S/c1-9(15)6-11-4-3-5-12(7-11)14(18)13(17)8-19-10(2)16/h3-5,7,13-14,17-18H,6,8H2,1-2H3. The van der Waals surface area contributed by atoms with Gasteiger partial charge in [0.1, 0.15) is 11.9 Å². The zero-order valence-electron chi connectivity index (χ0n) is 11.0. The second-order valence-electron chi connectivity index (χ2n) is 4.44. The highest BCUT2D eigenvalue weighted by Gasteiger charge is 2.19. The van der Waals surface area contributed by atoms with E-state index < -0.39 is 12.2 Å². The van der Waals surface area contributed by atoms with E-state index in [1.807, 2.05) is 0 Å². The third-order valence-electron chi connectivity index (χ3n) is 2.57. The summed E-state index contributed by atoms with van der Waals surface area (Å²) in [6, 6.07) is 6.93. The zero-order valence-corrected chi connectivity index (χ0v) is 11.8. The molecule has 0 heterocycles. The number of hydrogen-bond donors (Lipinski definition) is 2. The summed E-state index contributed by atoms with van der Waals surface area (Å²) in [4.78, 5) is 21.9. The van der Waals surface area contributed by atoms with Gasteiger partial charge in [-0.2, -0.15) is 0 Å². The lowest BCUT2D eigenvalue weighted by Gasteiger charge is -2.18. The van der Waals surface area contributed by atoms with E-state index in [4.69, 9.17) is 0 Å².